The van der Waals surface area contributed by atoms with Crippen LogP contribution >= 0.6 is 0 Å². The van der Waals surface area contributed by atoms with E-state index in [0.29, 0.717) is 5.69 Å². The van der Waals surface area contributed by atoms with Gasteiger partial charge < -0.3 is 5.11 Å². The number of rotatable bonds is 3. The maximum absolute atomic E-state index is 12.2. The van der Waals surface area contributed by atoms with Crippen molar-refractivity contribution in [2.75, 3.05) is 0 Å². The summed E-state index contributed by atoms with van der Waals surface area (Å²) in [6.45, 7) is -0.0881. The quantitative estimate of drug-likeness (QED) is 0.842. The largest absolute Gasteiger partial charge is 0.478 e. The Morgan fingerprint density at radius 3 is 2.67 bits per heavy atom. The molecule has 3 heterocycles. The fourth-order valence-corrected chi connectivity index (χ4v) is 2.12. The minimum absolute atomic E-state index is 0.0507. The molecule has 0 fully saturated rings. The molecule has 7 nitrogen and oxygen atoms in total. The van der Waals surface area contributed by atoms with Crippen LogP contribution in [0.3, 0.4) is 0 Å². The van der Waals surface area contributed by atoms with Crippen LogP contribution < -0.4 is 0 Å². The summed E-state index contributed by atoms with van der Waals surface area (Å²) in [5, 5.41) is 8.93. The highest BCUT2D eigenvalue weighted by Crippen LogP contribution is 2.22. The zero-order valence-corrected chi connectivity index (χ0v) is 10.7. The van der Waals surface area contributed by atoms with Gasteiger partial charge in [-0.05, 0) is 24.3 Å². The van der Waals surface area contributed by atoms with Crippen LogP contribution in [0.25, 0.3) is 0 Å². The van der Waals surface area contributed by atoms with Crippen LogP contribution in [0.15, 0.2) is 36.7 Å². The van der Waals surface area contributed by atoms with Gasteiger partial charge in [0.25, 0.3) is 11.8 Å². The number of carbonyl (C=O) groups is 3. The molecule has 0 aliphatic carbocycles. The van der Waals surface area contributed by atoms with Gasteiger partial charge in [0.2, 0.25) is 0 Å². The van der Waals surface area contributed by atoms with Crippen molar-refractivity contribution in [2.45, 2.75) is 6.54 Å². The lowest BCUT2D eigenvalue weighted by Gasteiger charge is -2.12. The van der Waals surface area contributed by atoms with Gasteiger partial charge in [0.15, 0.2) is 0 Å². The lowest BCUT2D eigenvalue weighted by Crippen LogP contribution is -2.29. The Hall–Kier alpha value is -3.09. The van der Waals surface area contributed by atoms with E-state index in [1.807, 2.05) is 0 Å². The Morgan fingerprint density at radius 1 is 1.14 bits per heavy atom. The molecule has 104 valence electrons. The molecule has 1 aliphatic rings. The summed E-state index contributed by atoms with van der Waals surface area (Å²) in [6, 6.07) is 5.79. The smallest absolute Gasteiger partial charge is 0.335 e. The molecule has 0 spiro atoms. The number of aromatic nitrogens is 2. The minimum Gasteiger partial charge on any atom is -0.478 e. The number of nitrogens with zero attached hydrogens (tertiary/aromatic N) is 3. The molecule has 2 aromatic rings. The highest BCUT2D eigenvalue weighted by molar-refractivity contribution is 6.20. The number of pyridine rings is 2. The maximum Gasteiger partial charge on any atom is 0.335 e. The third-order valence-electron chi connectivity index (χ3n) is 3.11. The third-order valence-corrected chi connectivity index (χ3v) is 3.11. The summed E-state index contributed by atoms with van der Waals surface area (Å²) in [5.41, 5.74) is 0.730. The van der Waals surface area contributed by atoms with Crippen LogP contribution in [0.2, 0.25) is 0 Å². The Labute approximate surface area is 118 Å². The molecule has 1 N–H and O–H groups in total. The second-order valence-electron chi connectivity index (χ2n) is 4.44. The predicted octanol–water partition coefficient (Wildman–Crippen LogP) is 0.971. The van der Waals surface area contributed by atoms with Crippen molar-refractivity contribution in [3.63, 3.8) is 0 Å². The number of hydrogen-bond donors (Lipinski definition) is 1. The van der Waals surface area contributed by atoms with Gasteiger partial charge in [-0.25, -0.2) is 4.79 Å². The van der Waals surface area contributed by atoms with Crippen LogP contribution in [0.5, 0.6) is 0 Å². The predicted molar refractivity (Wildman–Crippen MR) is 69.6 cm³/mol. The number of carbonyl (C=O) groups excluding carboxylic acids is 2. The first-order chi connectivity index (χ1) is 10.1. The number of carboxylic acid groups (broad SMARTS) is 1. The molecule has 0 bridgehead atoms. The Bertz CT molecular complexity index is 737. The number of fused-ring (bicyclic) bond motifs is 1. The molecular weight excluding hydrogens is 274 g/mol. The molecule has 0 radical (unpaired) electrons. The van der Waals surface area contributed by atoms with Gasteiger partial charge in [-0.3, -0.25) is 24.5 Å². The van der Waals surface area contributed by atoms with E-state index in [4.69, 9.17) is 5.11 Å². The van der Waals surface area contributed by atoms with E-state index in [1.54, 1.807) is 6.07 Å². The second-order valence-corrected chi connectivity index (χ2v) is 4.44. The molecule has 1 aliphatic heterocycles. The van der Waals surface area contributed by atoms with Crippen molar-refractivity contribution in [1.29, 1.82) is 0 Å². The highest BCUT2D eigenvalue weighted by Gasteiger charge is 2.36. The lowest BCUT2D eigenvalue weighted by molar-refractivity contribution is 0.0637. The average Bonchev–Trinajstić information content (AvgIpc) is 2.73. The van der Waals surface area contributed by atoms with Crippen molar-refractivity contribution in [3.05, 3.63) is 59.2 Å². The van der Waals surface area contributed by atoms with E-state index in [-0.39, 0.29) is 23.4 Å². The fraction of sp³-hybridized carbons (Fsp3) is 0.0714. The standard InChI is InChI=1S/C14H9N3O4/c18-12-10-2-1-4-16-11(10)13(19)17(12)7-9-6-8(14(20)21)3-5-15-9/h1-6H,7H2,(H,20,21). The number of amides is 2. The molecular formula is C14H9N3O4. The molecule has 21 heavy (non-hydrogen) atoms. The Morgan fingerprint density at radius 2 is 1.95 bits per heavy atom. The fourth-order valence-electron chi connectivity index (χ4n) is 2.12. The number of hydrogen-bond acceptors (Lipinski definition) is 5. The zero-order valence-electron chi connectivity index (χ0n) is 10.7. The number of carboxylic acids is 1. The average molecular weight is 283 g/mol. The Balaban J connectivity index is 1.90. The molecule has 0 aromatic carbocycles. The topological polar surface area (TPSA) is 100 Å². The van der Waals surface area contributed by atoms with Crippen LogP contribution in [0.1, 0.15) is 36.9 Å². The molecule has 3 rings (SSSR count). The van der Waals surface area contributed by atoms with Gasteiger partial charge in [-0.1, -0.05) is 0 Å². The van der Waals surface area contributed by atoms with Crippen molar-refractivity contribution in [1.82, 2.24) is 14.9 Å². The van der Waals surface area contributed by atoms with Gasteiger partial charge in [0, 0.05) is 12.4 Å². The van der Waals surface area contributed by atoms with Gasteiger partial charge in [0.05, 0.1) is 23.4 Å². The molecule has 0 unspecified atom stereocenters. The first-order valence-corrected chi connectivity index (χ1v) is 6.07. The van der Waals surface area contributed by atoms with Crippen molar-refractivity contribution < 1.29 is 19.5 Å². The van der Waals surface area contributed by atoms with Gasteiger partial charge >= 0.3 is 5.97 Å². The van der Waals surface area contributed by atoms with Crippen molar-refractivity contribution >= 4 is 17.8 Å². The normalized spacial score (nSPS) is 13.4. The second kappa shape index (κ2) is 4.78. The van der Waals surface area contributed by atoms with E-state index in [1.165, 1.54) is 30.6 Å². The van der Waals surface area contributed by atoms with E-state index >= 15 is 0 Å². The third kappa shape index (κ3) is 2.14. The van der Waals surface area contributed by atoms with Crippen molar-refractivity contribution in [2.24, 2.45) is 0 Å². The molecule has 0 atom stereocenters. The molecule has 0 saturated heterocycles. The number of imide groups is 1. The molecule has 0 saturated carbocycles. The van der Waals surface area contributed by atoms with E-state index in [0.717, 1.165) is 4.90 Å². The van der Waals surface area contributed by atoms with Gasteiger partial charge in [0.1, 0.15) is 5.69 Å². The SMILES string of the molecule is O=C(O)c1ccnc(CN2C(=O)c3cccnc3C2=O)c1. The van der Waals surface area contributed by atoms with E-state index in [2.05, 4.69) is 9.97 Å². The summed E-state index contributed by atoms with van der Waals surface area (Å²) in [7, 11) is 0. The summed E-state index contributed by atoms with van der Waals surface area (Å²) in [5.74, 6) is -2.05. The molecule has 2 aromatic heterocycles. The van der Waals surface area contributed by atoms with Gasteiger partial charge in [-0.2, -0.15) is 0 Å². The molecule has 2 amide bonds. The lowest BCUT2D eigenvalue weighted by atomic mass is 10.2. The first-order valence-electron chi connectivity index (χ1n) is 6.07. The zero-order chi connectivity index (χ0) is 15.0. The van der Waals surface area contributed by atoms with E-state index in [9.17, 15) is 14.4 Å². The summed E-state index contributed by atoms with van der Waals surface area (Å²) in [4.78, 5) is 44.1. The van der Waals surface area contributed by atoms with Crippen LogP contribution in [0, 0.1) is 0 Å². The minimum atomic E-state index is -1.09. The monoisotopic (exact) mass is 283 g/mol. The van der Waals surface area contributed by atoms with E-state index < -0.39 is 17.8 Å². The van der Waals surface area contributed by atoms with Crippen LogP contribution in [0.4, 0.5) is 0 Å². The highest BCUT2D eigenvalue weighted by atomic mass is 16.4. The number of aromatic carboxylic acids is 1. The molecule has 7 heteroatoms. The first kappa shape index (κ1) is 12.9. The summed E-state index contributed by atoms with van der Waals surface area (Å²) >= 11 is 0. The summed E-state index contributed by atoms with van der Waals surface area (Å²) < 4.78 is 0. The van der Waals surface area contributed by atoms with Gasteiger partial charge in [-0.15, -0.1) is 0 Å². The Kier molecular flexibility index (Phi) is 2.94. The maximum atomic E-state index is 12.2. The van der Waals surface area contributed by atoms with Crippen LogP contribution in [-0.2, 0) is 6.54 Å². The van der Waals surface area contributed by atoms with Crippen molar-refractivity contribution in [3.8, 4) is 0 Å². The summed E-state index contributed by atoms with van der Waals surface area (Å²) in [6.07, 6.45) is 2.77. The van der Waals surface area contributed by atoms with Crippen LogP contribution in [-0.4, -0.2) is 37.8 Å².